The third-order valence-electron chi connectivity index (χ3n) is 1.85. The quantitative estimate of drug-likeness (QED) is 0.494. The maximum Gasteiger partial charge on any atom is 0.325 e. The Bertz CT molecular complexity index is 169. The Morgan fingerprint density at radius 3 is 2.50 bits per heavy atom. The summed E-state index contributed by atoms with van der Waals surface area (Å²) in [6, 6.07) is 0. The molecule has 0 unspecified atom stereocenters. The van der Waals surface area contributed by atoms with Gasteiger partial charge in [0.15, 0.2) is 0 Å². The van der Waals surface area contributed by atoms with Crippen LogP contribution in [0.25, 0.3) is 0 Å². The fraction of sp³-hybridized carbons (Fsp3) is 0.900. The molecule has 14 heavy (non-hydrogen) atoms. The molecule has 0 aromatic carbocycles. The zero-order valence-corrected chi connectivity index (χ0v) is 9.55. The van der Waals surface area contributed by atoms with Gasteiger partial charge in [-0.2, -0.15) is 0 Å². The lowest BCUT2D eigenvalue weighted by Gasteiger charge is -2.23. The van der Waals surface area contributed by atoms with E-state index in [0.29, 0.717) is 13.2 Å². The first kappa shape index (κ1) is 13.4. The molecule has 0 heterocycles. The first-order chi connectivity index (χ1) is 6.54. The summed E-state index contributed by atoms with van der Waals surface area (Å²) in [5, 5.41) is 3.06. The number of carbonyl (C=O) groups excluding carboxylic acids is 1. The predicted molar refractivity (Wildman–Crippen MR) is 55.2 cm³/mol. The topological polar surface area (TPSA) is 47.6 Å². The molecule has 0 radical (unpaired) electrons. The normalized spacial score (nSPS) is 11.4. The highest BCUT2D eigenvalue weighted by molar-refractivity contribution is 5.79. The summed E-state index contributed by atoms with van der Waals surface area (Å²) in [6.07, 6.45) is 0.741. The Labute approximate surface area is 86.0 Å². The van der Waals surface area contributed by atoms with Crippen LogP contribution in [0.4, 0.5) is 0 Å². The molecule has 0 saturated heterocycles. The highest BCUT2D eigenvalue weighted by atomic mass is 16.5. The molecular formula is C10H21NO3. The lowest BCUT2D eigenvalue weighted by Crippen LogP contribution is -2.47. The van der Waals surface area contributed by atoms with E-state index in [9.17, 15) is 4.79 Å². The molecule has 84 valence electrons. The Hall–Kier alpha value is -0.610. The minimum absolute atomic E-state index is 0.213. The van der Waals surface area contributed by atoms with Gasteiger partial charge in [0, 0.05) is 20.1 Å². The van der Waals surface area contributed by atoms with Crippen LogP contribution < -0.4 is 5.32 Å². The molecule has 0 aromatic rings. The summed E-state index contributed by atoms with van der Waals surface area (Å²) in [7, 11) is 1.63. The third-order valence-corrected chi connectivity index (χ3v) is 1.85. The average Bonchev–Trinajstić information content (AvgIpc) is 2.12. The molecule has 1 N–H and O–H groups in total. The van der Waals surface area contributed by atoms with Crippen molar-refractivity contribution in [3.8, 4) is 0 Å². The van der Waals surface area contributed by atoms with E-state index in [1.165, 1.54) is 0 Å². The van der Waals surface area contributed by atoms with Crippen LogP contribution in [0, 0.1) is 0 Å². The lowest BCUT2D eigenvalue weighted by molar-refractivity contribution is -0.150. The molecule has 0 saturated carbocycles. The number of likely N-dealkylation sites (N-methyl/N-ethyl adjacent to an activating group) is 1. The first-order valence-corrected chi connectivity index (χ1v) is 4.95. The number of esters is 1. The zero-order chi connectivity index (χ0) is 11.0. The van der Waals surface area contributed by atoms with E-state index in [2.05, 4.69) is 5.32 Å². The van der Waals surface area contributed by atoms with Crippen molar-refractivity contribution in [2.24, 2.45) is 0 Å². The molecule has 0 aliphatic rings. The monoisotopic (exact) mass is 203 g/mol. The van der Waals surface area contributed by atoms with Crippen molar-refractivity contribution >= 4 is 5.97 Å². The maximum atomic E-state index is 11.5. The van der Waals surface area contributed by atoms with Crippen LogP contribution in [0.3, 0.4) is 0 Å². The summed E-state index contributed by atoms with van der Waals surface area (Å²) in [6.45, 7) is 7.38. The number of methoxy groups -OCH3 is 1. The van der Waals surface area contributed by atoms with Crippen molar-refractivity contribution in [3.63, 3.8) is 0 Å². The van der Waals surface area contributed by atoms with Crippen LogP contribution in [-0.4, -0.2) is 38.4 Å². The molecule has 0 rings (SSSR count). The molecule has 4 nitrogen and oxygen atoms in total. The maximum absolute atomic E-state index is 11.5. The van der Waals surface area contributed by atoms with Crippen molar-refractivity contribution in [3.05, 3.63) is 0 Å². The van der Waals surface area contributed by atoms with Crippen molar-refractivity contribution in [1.29, 1.82) is 0 Å². The fourth-order valence-electron chi connectivity index (χ4n) is 1.06. The van der Waals surface area contributed by atoms with Crippen LogP contribution in [0.2, 0.25) is 0 Å². The predicted octanol–water partition coefficient (Wildman–Crippen LogP) is 0.954. The summed E-state index contributed by atoms with van der Waals surface area (Å²) in [5.41, 5.74) is -0.595. The van der Waals surface area contributed by atoms with Gasteiger partial charge in [0.1, 0.15) is 5.54 Å². The minimum Gasteiger partial charge on any atom is -0.464 e. The van der Waals surface area contributed by atoms with Crippen LogP contribution in [0.15, 0.2) is 0 Å². The standard InChI is InChI=1S/C10H21NO3/c1-5-11-10(2,3)9(12)14-8-6-7-13-4/h11H,5-8H2,1-4H3. The third kappa shape index (κ3) is 5.19. The molecule has 0 aliphatic heterocycles. The average molecular weight is 203 g/mol. The smallest absolute Gasteiger partial charge is 0.325 e. The fourth-order valence-corrected chi connectivity index (χ4v) is 1.06. The van der Waals surface area contributed by atoms with Gasteiger partial charge in [0.25, 0.3) is 0 Å². The summed E-state index contributed by atoms with van der Waals surface area (Å²) in [5.74, 6) is -0.213. The van der Waals surface area contributed by atoms with Crippen LogP contribution in [0.5, 0.6) is 0 Å². The molecule has 0 aromatic heterocycles. The van der Waals surface area contributed by atoms with Crippen LogP contribution in [-0.2, 0) is 14.3 Å². The second-order valence-electron chi connectivity index (χ2n) is 3.64. The van der Waals surface area contributed by atoms with E-state index in [-0.39, 0.29) is 5.97 Å². The molecule has 0 aliphatic carbocycles. The number of nitrogens with one attached hydrogen (secondary N) is 1. The van der Waals surface area contributed by atoms with E-state index in [4.69, 9.17) is 9.47 Å². The number of carbonyl (C=O) groups is 1. The molecule has 0 fully saturated rings. The van der Waals surface area contributed by atoms with Crippen molar-refractivity contribution < 1.29 is 14.3 Å². The Morgan fingerprint density at radius 2 is 2.00 bits per heavy atom. The second-order valence-corrected chi connectivity index (χ2v) is 3.64. The van der Waals surface area contributed by atoms with E-state index in [1.54, 1.807) is 7.11 Å². The summed E-state index contributed by atoms with van der Waals surface area (Å²) >= 11 is 0. The molecule has 0 spiro atoms. The molecule has 0 bridgehead atoms. The number of hydrogen-bond acceptors (Lipinski definition) is 4. The van der Waals surface area contributed by atoms with Crippen LogP contribution in [0.1, 0.15) is 27.2 Å². The van der Waals surface area contributed by atoms with Crippen molar-refractivity contribution in [2.75, 3.05) is 26.9 Å². The summed E-state index contributed by atoms with van der Waals surface area (Å²) < 4.78 is 9.93. The van der Waals surface area contributed by atoms with Gasteiger partial charge < -0.3 is 14.8 Å². The Balaban J connectivity index is 3.71. The van der Waals surface area contributed by atoms with E-state index in [0.717, 1.165) is 13.0 Å². The first-order valence-electron chi connectivity index (χ1n) is 4.95. The van der Waals surface area contributed by atoms with Gasteiger partial charge >= 0.3 is 5.97 Å². The van der Waals surface area contributed by atoms with Crippen molar-refractivity contribution in [2.45, 2.75) is 32.7 Å². The SMILES string of the molecule is CCNC(C)(C)C(=O)OCCCOC. The van der Waals surface area contributed by atoms with Gasteiger partial charge in [-0.1, -0.05) is 6.92 Å². The van der Waals surface area contributed by atoms with E-state index >= 15 is 0 Å². The highest BCUT2D eigenvalue weighted by Crippen LogP contribution is 2.04. The molecular weight excluding hydrogens is 182 g/mol. The van der Waals surface area contributed by atoms with E-state index in [1.807, 2.05) is 20.8 Å². The largest absolute Gasteiger partial charge is 0.464 e. The van der Waals surface area contributed by atoms with Gasteiger partial charge in [-0.3, -0.25) is 4.79 Å². The van der Waals surface area contributed by atoms with E-state index < -0.39 is 5.54 Å². The number of ether oxygens (including phenoxy) is 2. The highest BCUT2D eigenvalue weighted by Gasteiger charge is 2.27. The van der Waals surface area contributed by atoms with Crippen LogP contribution >= 0.6 is 0 Å². The minimum atomic E-state index is -0.595. The van der Waals surface area contributed by atoms with Gasteiger partial charge in [-0.05, 0) is 20.4 Å². The molecule has 0 amide bonds. The van der Waals surface area contributed by atoms with Gasteiger partial charge in [-0.15, -0.1) is 0 Å². The molecule has 0 atom stereocenters. The summed E-state index contributed by atoms with van der Waals surface area (Å²) in [4.78, 5) is 11.5. The Morgan fingerprint density at radius 1 is 1.36 bits per heavy atom. The van der Waals surface area contributed by atoms with Gasteiger partial charge in [0.2, 0.25) is 0 Å². The van der Waals surface area contributed by atoms with Crippen molar-refractivity contribution in [1.82, 2.24) is 5.32 Å². The zero-order valence-electron chi connectivity index (χ0n) is 9.55. The van der Waals surface area contributed by atoms with Gasteiger partial charge in [0.05, 0.1) is 6.61 Å². The number of hydrogen-bond donors (Lipinski definition) is 1. The molecule has 4 heteroatoms. The lowest BCUT2D eigenvalue weighted by atomic mass is 10.1. The second kappa shape index (κ2) is 6.79. The van der Waals surface area contributed by atoms with Gasteiger partial charge in [-0.25, -0.2) is 0 Å². The number of rotatable bonds is 7. The Kier molecular flexibility index (Phi) is 6.49.